The van der Waals surface area contributed by atoms with E-state index in [0.29, 0.717) is 5.56 Å². The molecular formula is C15H16O4S. The first-order valence-corrected chi connectivity index (χ1v) is 7.59. The van der Waals surface area contributed by atoms with Gasteiger partial charge in [-0.1, -0.05) is 48.0 Å². The van der Waals surface area contributed by atoms with Gasteiger partial charge >= 0.3 is 0 Å². The van der Waals surface area contributed by atoms with Crippen molar-refractivity contribution in [3.05, 3.63) is 65.7 Å². The molecule has 0 aliphatic rings. The molecule has 106 valence electrons. The standard InChI is InChI=1S/C15H16O4S/c1-12-7-9-14(10-8-12)20(17,18)19-15(11-16)13-5-3-2-4-6-13/h2-10,15-16H,11H2,1H3. The molecule has 0 amide bonds. The molecule has 0 saturated heterocycles. The highest BCUT2D eigenvalue weighted by molar-refractivity contribution is 7.86. The quantitative estimate of drug-likeness (QED) is 0.860. The fourth-order valence-electron chi connectivity index (χ4n) is 1.77. The number of hydrogen-bond acceptors (Lipinski definition) is 4. The fraction of sp³-hybridized carbons (Fsp3) is 0.200. The third-order valence-corrected chi connectivity index (χ3v) is 4.22. The number of benzene rings is 2. The summed E-state index contributed by atoms with van der Waals surface area (Å²) in [5, 5.41) is 9.34. The first-order valence-electron chi connectivity index (χ1n) is 6.19. The third kappa shape index (κ3) is 3.45. The Hall–Kier alpha value is -1.69. The highest BCUT2D eigenvalue weighted by Gasteiger charge is 2.22. The molecule has 2 aromatic rings. The van der Waals surface area contributed by atoms with Crippen LogP contribution < -0.4 is 0 Å². The van der Waals surface area contributed by atoms with Crippen LogP contribution in [0.15, 0.2) is 59.5 Å². The molecule has 0 aliphatic heterocycles. The second kappa shape index (κ2) is 6.17. The number of aliphatic hydroxyl groups excluding tert-OH is 1. The fourth-order valence-corrected chi connectivity index (χ4v) is 2.83. The Balaban J connectivity index is 2.24. The van der Waals surface area contributed by atoms with Crippen molar-refractivity contribution >= 4 is 10.1 Å². The molecule has 0 aliphatic carbocycles. The van der Waals surface area contributed by atoms with Crippen LogP contribution in [0.5, 0.6) is 0 Å². The van der Waals surface area contributed by atoms with Gasteiger partial charge in [0.05, 0.1) is 11.5 Å². The van der Waals surface area contributed by atoms with E-state index in [-0.39, 0.29) is 4.90 Å². The van der Waals surface area contributed by atoms with Gasteiger partial charge in [-0.15, -0.1) is 0 Å². The van der Waals surface area contributed by atoms with Crippen LogP contribution in [0, 0.1) is 6.92 Å². The first-order chi connectivity index (χ1) is 9.53. The van der Waals surface area contributed by atoms with Gasteiger partial charge in [0, 0.05) is 0 Å². The summed E-state index contributed by atoms with van der Waals surface area (Å²) in [6.45, 7) is 1.47. The number of hydrogen-bond donors (Lipinski definition) is 1. The molecule has 20 heavy (non-hydrogen) atoms. The van der Waals surface area contributed by atoms with Gasteiger partial charge in [-0.2, -0.15) is 8.42 Å². The second-order valence-electron chi connectivity index (χ2n) is 4.45. The molecule has 0 heterocycles. The van der Waals surface area contributed by atoms with Gasteiger partial charge in [0.2, 0.25) is 0 Å². The van der Waals surface area contributed by atoms with Crippen LogP contribution in [0.2, 0.25) is 0 Å². The zero-order valence-electron chi connectivity index (χ0n) is 11.1. The van der Waals surface area contributed by atoms with Crippen molar-refractivity contribution in [1.82, 2.24) is 0 Å². The predicted octanol–water partition coefficient (Wildman–Crippen LogP) is 2.43. The lowest BCUT2D eigenvalue weighted by Gasteiger charge is -2.15. The Kier molecular flexibility index (Phi) is 4.54. The summed E-state index contributed by atoms with van der Waals surface area (Å²) in [6, 6.07) is 15.1. The van der Waals surface area contributed by atoms with Crippen LogP contribution in [0.4, 0.5) is 0 Å². The SMILES string of the molecule is Cc1ccc(S(=O)(=O)OC(CO)c2ccccc2)cc1. The number of aryl methyl sites for hydroxylation is 1. The Morgan fingerprint density at radius 1 is 1.05 bits per heavy atom. The van der Waals surface area contributed by atoms with Crippen LogP contribution in [-0.4, -0.2) is 20.1 Å². The Bertz CT molecular complexity index is 648. The smallest absolute Gasteiger partial charge is 0.297 e. The maximum Gasteiger partial charge on any atom is 0.297 e. The van der Waals surface area contributed by atoms with Crippen LogP contribution in [0.3, 0.4) is 0 Å². The van der Waals surface area contributed by atoms with E-state index < -0.39 is 22.8 Å². The van der Waals surface area contributed by atoms with Gasteiger partial charge in [-0.05, 0) is 24.6 Å². The topological polar surface area (TPSA) is 63.6 Å². The molecule has 2 aromatic carbocycles. The highest BCUT2D eigenvalue weighted by Crippen LogP contribution is 2.23. The van der Waals surface area contributed by atoms with Crippen LogP contribution >= 0.6 is 0 Å². The monoisotopic (exact) mass is 292 g/mol. The lowest BCUT2D eigenvalue weighted by molar-refractivity contribution is 0.122. The lowest BCUT2D eigenvalue weighted by Crippen LogP contribution is -2.15. The van der Waals surface area contributed by atoms with Crippen LogP contribution in [-0.2, 0) is 14.3 Å². The molecule has 5 heteroatoms. The third-order valence-electron chi connectivity index (χ3n) is 2.89. The molecule has 0 bridgehead atoms. The maximum atomic E-state index is 12.2. The van der Waals surface area contributed by atoms with Crippen LogP contribution in [0.1, 0.15) is 17.2 Å². The van der Waals surface area contributed by atoms with Gasteiger partial charge < -0.3 is 5.11 Å². The predicted molar refractivity (Wildman–Crippen MR) is 75.7 cm³/mol. The van der Waals surface area contributed by atoms with E-state index >= 15 is 0 Å². The molecule has 0 saturated carbocycles. The highest BCUT2D eigenvalue weighted by atomic mass is 32.2. The number of rotatable bonds is 5. The molecule has 1 N–H and O–H groups in total. The summed E-state index contributed by atoms with van der Waals surface area (Å²) in [4.78, 5) is 0.0810. The Morgan fingerprint density at radius 3 is 2.20 bits per heavy atom. The zero-order chi connectivity index (χ0) is 14.6. The van der Waals surface area contributed by atoms with Gasteiger partial charge in [-0.25, -0.2) is 0 Å². The van der Waals surface area contributed by atoms with E-state index in [2.05, 4.69) is 0 Å². The van der Waals surface area contributed by atoms with E-state index in [0.717, 1.165) is 5.56 Å². The summed E-state index contributed by atoms with van der Waals surface area (Å²) >= 11 is 0. The second-order valence-corrected chi connectivity index (χ2v) is 6.02. The molecule has 0 fully saturated rings. The van der Waals surface area contributed by atoms with E-state index in [1.54, 1.807) is 36.4 Å². The average molecular weight is 292 g/mol. The van der Waals surface area contributed by atoms with Crippen molar-refractivity contribution in [2.24, 2.45) is 0 Å². The largest absolute Gasteiger partial charge is 0.393 e. The molecule has 0 spiro atoms. The first kappa shape index (κ1) is 14.7. The molecule has 2 rings (SSSR count). The maximum absolute atomic E-state index is 12.2. The van der Waals surface area contributed by atoms with E-state index in [1.807, 2.05) is 13.0 Å². The summed E-state index contributed by atoms with van der Waals surface area (Å²) in [5.41, 5.74) is 1.58. The molecule has 0 aromatic heterocycles. The van der Waals surface area contributed by atoms with E-state index in [9.17, 15) is 13.5 Å². The van der Waals surface area contributed by atoms with Gasteiger partial charge in [0.15, 0.2) is 0 Å². The van der Waals surface area contributed by atoms with Crippen molar-refractivity contribution in [3.63, 3.8) is 0 Å². The van der Waals surface area contributed by atoms with Crippen molar-refractivity contribution in [2.75, 3.05) is 6.61 Å². The summed E-state index contributed by atoms with van der Waals surface area (Å²) in [5.74, 6) is 0. The van der Waals surface area contributed by atoms with Crippen molar-refractivity contribution in [3.8, 4) is 0 Å². The average Bonchev–Trinajstić information content (AvgIpc) is 2.46. The summed E-state index contributed by atoms with van der Waals surface area (Å²) in [6.07, 6.45) is -0.900. The molecule has 1 atom stereocenters. The normalized spacial score (nSPS) is 13.1. The molecule has 4 nitrogen and oxygen atoms in total. The van der Waals surface area contributed by atoms with Crippen LogP contribution in [0.25, 0.3) is 0 Å². The lowest BCUT2D eigenvalue weighted by atomic mass is 10.1. The molecule has 1 unspecified atom stereocenters. The number of aliphatic hydroxyl groups is 1. The van der Waals surface area contributed by atoms with Crippen molar-refractivity contribution in [2.45, 2.75) is 17.9 Å². The van der Waals surface area contributed by atoms with Crippen molar-refractivity contribution < 1.29 is 17.7 Å². The minimum atomic E-state index is -3.90. The summed E-state index contributed by atoms with van der Waals surface area (Å²) in [7, 11) is -3.90. The molecular weight excluding hydrogens is 276 g/mol. The summed E-state index contributed by atoms with van der Waals surface area (Å²) < 4.78 is 29.4. The zero-order valence-corrected chi connectivity index (χ0v) is 11.9. The van der Waals surface area contributed by atoms with E-state index in [4.69, 9.17) is 4.18 Å². The Morgan fingerprint density at radius 2 is 1.65 bits per heavy atom. The van der Waals surface area contributed by atoms with Crippen molar-refractivity contribution in [1.29, 1.82) is 0 Å². The molecule has 0 radical (unpaired) electrons. The minimum Gasteiger partial charge on any atom is -0.393 e. The van der Waals surface area contributed by atoms with E-state index in [1.165, 1.54) is 12.1 Å². The minimum absolute atomic E-state index is 0.0810. The van der Waals surface area contributed by atoms with Gasteiger partial charge in [0.1, 0.15) is 6.10 Å². The van der Waals surface area contributed by atoms with Gasteiger partial charge in [-0.3, -0.25) is 4.18 Å². The van der Waals surface area contributed by atoms with Gasteiger partial charge in [0.25, 0.3) is 10.1 Å². The Labute approximate surface area is 118 Å².